The predicted molar refractivity (Wildman–Crippen MR) is 97.5 cm³/mol. The van der Waals surface area contributed by atoms with E-state index in [0.717, 1.165) is 11.3 Å². The van der Waals surface area contributed by atoms with Crippen LogP contribution in [0.1, 0.15) is 24.4 Å². The molecule has 1 aromatic heterocycles. The van der Waals surface area contributed by atoms with Crippen molar-refractivity contribution in [3.63, 3.8) is 0 Å². The van der Waals surface area contributed by atoms with Crippen molar-refractivity contribution in [3.8, 4) is 0 Å². The molecule has 3 aromatic rings. The number of para-hydroxylation sites is 1. The zero-order valence-electron chi connectivity index (χ0n) is 13.7. The molecule has 0 bridgehead atoms. The molecule has 7 nitrogen and oxygen atoms in total. The van der Waals surface area contributed by atoms with Gasteiger partial charge in [0.05, 0.1) is 6.21 Å². The van der Waals surface area contributed by atoms with Crippen LogP contribution >= 0.6 is 0 Å². The van der Waals surface area contributed by atoms with Crippen LogP contribution in [-0.2, 0) is 4.84 Å². The average Bonchev–Trinajstić information content (AvgIpc) is 2.63. The van der Waals surface area contributed by atoms with E-state index >= 15 is 0 Å². The van der Waals surface area contributed by atoms with E-state index in [1.165, 1.54) is 0 Å². The molecule has 0 aliphatic rings. The first-order chi connectivity index (χ1) is 12.2. The third-order valence-corrected chi connectivity index (χ3v) is 3.28. The van der Waals surface area contributed by atoms with Crippen LogP contribution in [0, 0.1) is 0 Å². The van der Waals surface area contributed by atoms with Crippen molar-refractivity contribution in [2.45, 2.75) is 13.0 Å². The molecule has 7 heteroatoms. The SMILES string of the molecule is CC(ON=Cc1ccccc1)c1nc(N)nc(Nc2ccccc2)n1. The molecule has 0 aliphatic carbocycles. The van der Waals surface area contributed by atoms with Gasteiger partial charge in [-0.2, -0.15) is 15.0 Å². The van der Waals surface area contributed by atoms with Gasteiger partial charge in [-0.05, 0) is 24.6 Å². The fourth-order valence-corrected chi connectivity index (χ4v) is 2.07. The Morgan fingerprint density at radius 3 is 2.40 bits per heavy atom. The Morgan fingerprint density at radius 2 is 1.68 bits per heavy atom. The molecule has 25 heavy (non-hydrogen) atoms. The third-order valence-electron chi connectivity index (χ3n) is 3.28. The Morgan fingerprint density at radius 1 is 1.00 bits per heavy atom. The summed E-state index contributed by atoms with van der Waals surface area (Å²) in [4.78, 5) is 18.0. The fraction of sp³-hybridized carbons (Fsp3) is 0.111. The molecular weight excluding hydrogens is 316 g/mol. The van der Waals surface area contributed by atoms with Crippen molar-refractivity contribution < 1.29 is 4.84 Å². The van der Waals surface area contributed by atoms with Crippen molar-refractivity contribution in [3.05, 3.63) is 72.1 Å². The summed E-state index contributed by atoms with van der Waals surface area (Å²) in [6.45, 7) is 1.80. The first-order valence-corrected chi connectivity index (χ1v) is 7.78. The highest BCUT2D eigenvalue weighted by molar-refractivity contribution is 5.78. The maximum atomic E-state index is 5.77. The van der Waals surface area contributed by atoms with Crippen LogP contribution in [0.4, 0.5) is 17.6 Å². The van der Waals surface area contributed by atoms with Crippen molar-refractivity contribution in [2.75, 3.05) is 11.1 Å². The lowest BCUT2D eigenvalue weighted by Crippen LogP contribution is -2.10. The lowest BCUT2D eigenvalue weighted by atomic mass is 10.2. The number of hydrogen-bond donors (Lipinski definition) is 2. The maximum Gasteiger partial charge on any atom is 0.232 e. The van der Waals surface area contributed by atoms with Crippen LogP contribution < -0.4 is 11.1 Å². The number of nitrogens with two attached hydrogens (primary N) is 1. The number of oxime groups is 1. The van der Waals surface area contributed by atoms with Gasteiger partial charge in [0.15, 0.2) is 11.9 Å². The zero-order chi connectivity index (χ0) is 17.5. The van der Waals surface area contributed by atoms with Gasteiger partial charge in [0, 0.05) is 5.69 Å². The highest BCUT2D eigenvalue weighted by atomic mass is 16.6. The molecule has 3 N–H and O–H groups in total. The monoisotopic (exact) mass is 334 g/mol. The lowest BCUT2D eigenvalue weighted by Gasteiger charge is -2.11. The molecular formula is C18H18N6O. The fourth-order valence-electron chi connectivity index (χ4n) is 2.07. The number of aromatic nitrogens is 3. The van der Waals surface area contributed by atoms with E-state index < -0.39 is 6.10 Å². The first-order valence-electron chi connectivity index (χ1n) is 7.78. The van der Waals surface area contributed by atoms with Crippen molar-refractivity contribution in [1.82, 2.24) is 15.0 Å². The van der Waals surface area contributed by atoms with Crippen LogP contribution in [0.25, 0.3) is 0 Å². The Labute approximate surface area is 145 Å². The number of anilines is 3. The molecule has 2 aromatic carbocycles. The number of nitrogen functional groups attached to an aromatic ring is 1. The molecule has 3 rings (SSSR count). The quantitative estimate of drug-likeness (QED) is 0.530. The molecule has 0 saturated heterocycles. The van der Waals surface area contributed by atoms with E-state index in [-0.39, 0.29) is 5.95 Å². The minimum Gasteiger partial charge on any atom is -0.385 e. The summed E-state index contributed by atoms with van der Waals surface area (Å²) in [5.41, 5.74) is 7.57. The van der Waals surface area contributed by atoms with Gasteiger partial charge in [0.25, 0.3) is 0 Å². The minimum absolute atomic E-state index is 0.117. The Balaban J connectivity index is 1.69. The van der Waals surface area contributed by atoms with Crippen LogP contribution in [0.3, 0.4) is 0 Å². The van der Waals surface area contributed by atoms with Crippen LogP contribution in [0.15, 0.2) is 65.8 Å². The molecule has 0 spiro atoms. The molecule has 0 saturated carbocycles. The molecule has 1 unspecified atom stereocenters. The second-order valence-corrected chi connectivity index (χ2v) is 5.26. The summed E-state index contributed by atoms with van der Waals surface area (Å²) in [5.74, 6) is 0.873. The molecule has 1 heterocycles. The largest absolute Gasteiger partial charge is 0.385 e. The summed E-state index contributed by atoms with van der Waals surface area (Å²) in [6.07, 6.45) is 1.16. The highest BCUT2D eigenvalue weighted by Gasteiger charge is 2.13. The zero-order valence-corrected chi connectivity index (χ0v) is 13.7. The van der Waals surface area contributed by atoms with Crippen LogP contribution in [0.5, 0.6) is 0 Å². The first kappa shape index (κ1) is 16.4. The Bertz CT molecular complexity index is 839. The number of rotatable bonds is 6. The van der Waals surface area contributed by atoms with Gasteiger partial charge in [-0.15, -0.1) is 0 Å². The molecule has 1 atom stereocenters. The second kappa shape index (κ2) is 7.87. The summed E-state index contributed by atoms with van der Waals surface area (Å²) in [6, 6.07) is 19.2. The molecule has 0 fully saturated rings. The minimum atomic E-state index is -0.471. The van der Waals surface area contributed by atoms with Gasteiger partial charge in [-0.3, -0.25) is 0 Å². The number of nitrogens with one attached hydrogen (secondary N) is 1. The number of hydrogen-bond acceptors (Lipinski definition) is 7. The van der Waals surface area contributed by atoms with E-state index in [1.807, 2.05) is 60.7 Å². The van der Waals surface area contributed by atoms with Crippen LogP contribution in [0.2, 0.25) is 0 Å². The summed E-state index contributed by atoms with van der Waals surface area (Å²) >= 11 is 0. The van der Waals surface area contributed by atoms with Gasteiger partial charge in [-0.25, -0.2) is 0 Å². The Hall–Kier alpha value is -3.48. The highest BCUT2D eigenvalue weighted by Crippen LogP contribution is 2.17. The summed E-state index contributed by atoms with van der Waals surface area (Å²) in [5, 5.41) is 7.06. The summed E-state index contributed by atoms with van der Waals surface area (Å²) < 4.78 is 0. The van der Waals surface area contributed by atoms with Gasteiger partial charge in [0.2, 0.25) is 11.9 Å². The Kier molecular flexibility index (Phi) is 5.16. The average molecular weight is 334 g/mol. The van der Waals surface area contributed by atoms with Gasteiger partial charge in [-0.1, -0.05) is 53.7 Å². The van der Waals surface area contributed by atoms with Gasteiger partial charge >= 0.3 is 0 Å². The van der Waals surface area contributed by atoms with Gasteiger partial charge in [0.1, 0.15) is 0 Å². The van der Waals surface area contributed by atoms with E-state index in [1.54, 1.807) is 13.1 Å². The van der Waals surface area contributed by atoms with Crippen molar-refractivity contribution in [1.29, 1.82) is 0 Å². The van der Waals surface area contributed by atoms with Crippen LogP contribution in [-0.4, -0.2) is 21.2 Å². The normalized spacial score (nSPS) is 12.0. The summed E-state index contributed by atoms with van der Waals surface area (Å²) in [7, 11) is 0. The molecule has 126 valence electrons. The van der Waals surface area contributed by atoms with Crippen molar-refractivity contribution in [2.24, 2.45) is 5.16 Å². The molecule has 0 amide bonds. The maximum absolute atomic E-state index is 5.77. The number of benzene rings is 2. The van der Waals surface area contributed by atoms with E-state index in [0.29, 0.717) is 11.8 Å². The molecule has 0 radical (unpaired) electrons. The molecule has 0 aliphatic heterocycles. The smallest absolute Gasteiger partial charge is 0.232 e. The van der Waals surface area contributed by atoms with E-state index in [2.05, 4.69) is 25.4 Å². The third kappa shape index (κ3) is 4.74. The topological polar surface area (TPSA) is 98.3 Å². The standard InChI is InChI=1S/C18H18N6O/c1-13(25-20-12-14-8-4-2-5-9-14)16-22-17(19)24-18(23-16)21-15-10-6-3-7-11-15/h2-13H,1H3,(H3,19,21,22,23,24). The predicted octanol–water partition coefficient (Wildman–Crippen LogP) is 3.31. The number of nitrogens with zero attached hydrogens (tertiary/aromatic N) is 4. The van der Waals surface area contributed by atoms with Crippen molar-refractivity contribution >= 4 is 23.8 Å². The second-order valence-electron chi connectivity index (χ2n) is 5.26. The van der Waals surface area contributed by atoms with E-state index in [4.69, 9.17) is 10.6 Å². The van der Waals surface area contributed by atoms with Gasteiger partial charge < -0.3 is 15.9 Å². The lowest BCUT2D eigenvalue weighted by molar-refractivity contribution is 0.0673. The van der Waals surface area contributed by atoms with E-state index in [9.17, 15) is 0 Å².